The summed E-state index contributed by atoms with van der Waals surface area (Å²) in [4.78, 5) is -0.0262. The van der Waals surface area contributed by atoms with Gasteiger partial charge >= 0.3 is 0 Å². The number of benzene rings is 1. The average Bonchev–Trinajstić information content (AvgIpc) is 2.71. The maximum atomic E-state index is 12.2. The summed E-state index contributed by atoms with van der Waals surface area (Å²) in [6.07, 6.45) is 0.0549. The van der Waals surface area contributed by atoms with Crippen molar-refractivity contribution < 1.29 is 13.2 Å². The van der Waals surface area contributed by atoms with Crippen LogP contribution in [0.3, 0.4) is 0 Å². The van der Waals surface area contributed by atoms with Gasteiger partial charge in [-0.15, -0.1) is 11.3 Å². The molecule has 0 aliphatic heterocycles. The number of hydrogen-bond donors (Lipinski definition) is 1. The molecule has 0 atom stereocenters. The van der Waals surface area contributed by atoms with E-state index in [4.69, 9.17) is 27.9 Å². The first kappa shape index (κ1) is 16.4. The highest BCUT2D eigenvalue weighted by Gasteiger charge is 2.21. The Bertz CT molecular complexity index is 724. The van der Waals surface area contributed by atoms with Gasteiger partial charge in [0.2, 0.25) is 0 Å². The number of nitrogens with one attached hydrogen (secondary N) is 1. The van der Waals surface area contributed by atoms with E-state index in [-0.39, 0.29) is 15.3 Å². The van der Waals surface area contributed by atoms with Crippen molar-refractivity contribution >= 4 is 50.2 Å². The molecule has 0 amide bonds. The molecule has 0 fully saturated rings. The lowest BCUT2D eigenvalue weighted by atomic mass is 10.3. The number of sulfonamides is 1. The molecule has 1 N–H and O–H groups in total. The molecule has 0 saturated heterocycles. The van der Waals surface area contributed by atoms with E-state index in [9.17, 15) is 8.42 Å². The fourth-order valence-electron chi connectivity index (χ4n) is 1.59. The molecule has 1 aromatic carbocycles. The highest BCUT2D eigenvalue weighted by atomic mass is 35.5. The van der Waals surface area contributed by atoms with Gasteiger partial charge in [0.1, 0.15) is 15.0 Å². The van der Waals surface area contributed by atoms with Gasteiger partial charge in [-0.05, 0) is 44.2 Å². The third-order valence-electron chi connectivity index (χ3n) is 2.39. The number of ether oxygens (including phenoxy) is 1. The summed E-state index contributed by atoms with van der Waals surface area (Å²) in [5.74, 6) is 0.671. The van der Waals surface area contributed by atoms with Crippen LogP contribution in [-0.4, -0.2) is 14.5 Å². The Hall–Kier alpha value is -0.950. The van der Waals surface area contributed by atoms with E-state index in [1.54, 1.807) is 24.3 Å². The summed E-state index contributed by atoms with van der Waals surface area (Å²) in [7, 11) is -3.76. The second-order valence-electron chi connectivity index (χ2n) is 4.48. The summed E-state index contributed by atoms with van der Waals surface area (Å²) < 4.78 is 32.8. The van der Waals surface area contributed by atoms with Crippen LogP contribution >= 0.6 is 34.5 Å². The summed E-state index contributed by atoms with van der Waals surface area (Å²) >= 11 is 12.7. The molecule has 1 heterocycles. The highest BCUT2D eigenvalue weighted by Crippen LogP contribution is 2.35. The van der Waals surface area contributed by atoms with E-state index < -0.39 is 10.0 Å². The van der Waals surface area contributed by atoms with Crippen molar-refractivity contribution in [1.29, 1.82) is 0 Å². The van der Waals surface area contributed by atoms with Crippen molar-refractivity contribution in [3.8, 4) is 5.75 Å². The molecule has 8 heteroatoms. The molecule has 1 aromatic heterocycles. The van der Waals surface area contributed by atoms with Gasteiger partial charge in [-0.1, -0.05) is 23.2 Å². The maximum Gasteiger partial charge on any atom is 0.264 e. The summed E-state index contributed by atoms with van der Waals surface area (Å²) in [5.41, 5.74) is 0.421. The van der Waals surface area contributed by atoms with Gasteiger partial charge in [0.15, 0.2) is 0 Å². The van der Waals surface area contributed by atoms with Gasteiger partial charge < -0.3 is 4.74 Å². The van der Waals surface area contributed by atoms with Crippen LogP contribution in [0.25, 0.3) is 0 Å². The zero-order valence-electron chi connectivity index (χ0n) is 11.3. The molecule has 0 aliphatic carbocycles. The van der Waals surface area contributed by atoms with Crippen molar-refractivity contribution in [2.45, 2.75) is 24.8 Å². The Morgan fingerprint density at radius 3 is 2.29 bits per heavy atom. The predicted octanol–water partition coefficient (Wildman–Crippen LogP) is 4.64. The van der Waals surface area contributed by atoms with Gasteiger partial charge in [0.25, 0.3) is 10.0 Å². The predicted molar refractivity (Wildman–Crippen MR) is 87.4 cm³/mol. The van der Waals surface area contributed by atoms with E-state index in [2.05, 4.69) is 4.72 Å². The molecule has 4 nitrogen and oxygen atoms in total. The lowest BCUT2D eigenvalue weighted by Gasteiger charge is -2.11. The largest absolute Gasteiger partial charge is 0.491 e. The van der Waals surface area contributed by atoms with Crippen LogP contribution < -0.4 is 9.46 Å². The van der Waals surface area contributed by atoms with Gasteiger partial charge in [0.05, 0.1) is 10.4 Å². The zero-order chi connectivity index (χ0) is 15.6. The van der Waals surface area contributed by atoms with Gasteiger partial charge in [-0.3, -0.25) is 4.72 Å². The first-order valence-electron chi connectivity index (χ1n) is 6.02. The fourth-order valence-corrected chi connectivity index (χ4v) is 4.80. The molecule has 0 spiro atoms. The molecular weight excluding hydrogens is 353 g/mol. The van der Waals surface area contributed by atoms with E-state index in [0.717, 1.165) is 11.3 Å². The molecule has 21 heavy (non-hydrogen) atoms. The number of halogens is 2. The Labute approximate surface area is 137 Å². The van der Waals surface area contributed by atoms with Crippen LogP contribution in [0.1, 0.15) is 13.8 Å². The minimum Gasteiger partial charge on any atom is -0.491 e. The molecule has 114 valence electrons. The van der Waals surface area contributed by atoms with Crippen molar-refractivity contribution in [3.05, 3.63) is 39.0 Å². The smallest absolute Gasteiger partial charge is 0.264 e. The summed E-state index contributed by atoms with van der Waals surface area (Å²) in [6, 6.07) is 7.96. The Kier molecular flexibility index (Phi) is 5.03. The van der Waals surface area contributed by atoms with E-state index in [1.165, 1.54) is 6.07 Å². The number of rotatable bonds is 5. The van der Waals surface area contributed by atoms with Crippen LogP contribution in [0.15, 0.2) is 35.2 Å². The lowest BCUT2D eigenvalue weighted by molar-refractivity contribution is 0.242. The molecule has 0 radical (unpaired) electrons. The molecule has 0 saturated carbocycles. The summed E-state index contributed by atoms with van der Waals surface area (Å²) in [6.45, 7) is 3.83. The van der Waals surface area contributed by atoms with Gasteiger partial charge in [-0.2, -0.15) is 0 Å². The third-order valence-corrected chi connectivity index (χ3v) is 5.53. The minimum atomic E-state index is -3.76. The molecule has 0 bridgehead atoms. The third kappa shape index (κ3) is 4.26. The van der Waals surface area contributed by atoms with Gasteiger partial charge in [-0.25, -0.2) is 8.42 Å². The average molecular weight is 366 g/mol. The minimum absolute atomic E-state index is 0.0262. The first-order valence-corrected chi connectivity index (χ1v) is 9.08. The van der Waals surface area contributed by atoms with Crippen LogP contribution in [0, 0.1) is 0 Å². The first-order chi connectivity index (χ1) is 9.78. The van der Waals surface area contributed by atoms with Crippen molar-refractivity contribution in [2.24, 2.45) is 0 Å². The summed E-state index contributed by atoms with van der Waals surface area (Å²) in [5, 5.41) is 0. The Morgan fingerprint density at radius 1 is 1.19 bits per heavy atom. The monoisotopic (exact) mass is 365 g/mol. The lowest BCUT2D eigenvalue weighted by Crippen LogP contribution is -2.12. The zero-order valence-corrected chi connectivity index (χ0v) is 14.4. The maximum absolute atomic E-state index is 12.2. The number of thiophene rings is 1. The topological polar surface area (TPSA) is 55.4 Å². The quantitative estimate of drug-likeness (QED) is 0.839. The van der Waals surface area contributed by atoms with Crippen LogP contribution in [-0.2, 0) is 10.0 Å². The Morgan fingerprint density at radius 2 is 1.81 bits per heavy atom. The van der Waals surface area contributed by atoms with E-state index in [1.807, 2.05) is 13.8 Å². The van der Waals surface area contributed by atoms with Crippen molar-refractivity contribution in [3.63, 3.8) is 0 Å². The van der Waals surface area contributed by atoms with Crippen LogP contribution in [0.2, 0.25) is 8.67 Å². The SMILES string of the molecule is CC(C)Oc1ccc(NS(=O)(=O)c2cc(Cl)sc2Cl)cc1. The fraction of sp³-hybridized carbons (Fsp3) is 0.231. The van der Waals surface area contributed by atoms with E-state index >= 15 is 0 Å². The molecule has 2 aromatic rings. The Balaban J connectivity index is 2.19. The highest BCUT2D eigenvalue weighted by molar-refractivity contribution is 7.93. The van der Waals surface area contributed by atoms with Gasteiger partial charge in [0, 0.05) is 5.69 Å². The van der Waals surface area contributed by atoms with Crippen LogP contribution in [0.4, 0.5) is 5.69 Å². The second-order valence-corrected chi connectivity index (χ2v) is 8.42. The van der Waals surface area contributed by atoms with E-state index in [0.29, 0.717) is 15.8 Å². The molecule has 0 unspecified atom stereocenters. The normalized spacial score (nSPS) is 11.7. The van der Waals surface area contributed by atoms with Crippen molar-refractivity contribution in [2.75, 3.05) is 4.72 Å². The van der Waals surface area contributed by atoms with Crippen molar-refractivity contribution in [1.82, 2.24) is 0 Å². The molecule has 2 rings (SSSR count). The number of anilines is 1. The molecule has 0 aliphatic rings. The van der Waals surface area contributed by atoms with Crippen LogP contribution in [0.5, 0.6) is 5.75 Å². The molecular formula is C13H13Cl2NO3S2. The standard InChI is InChI=1S/C13H13Cl2NO3S2/c1-8(2)19-10-5-3-9(4-6-10)16-21(17,18)11-7-12(14)20-13(11)15/h3-8,16H,1-2H3. The number of hydrogen-bond acceptors (Lipinski definition) is 4. The second kappa shape index (κ2) is 6.44.